The van der Waals surface area contributed by atoms with Gasteiger partial charge in [-0.15, -0.1) is 0 Å². The fraction of sp³-hybridized carbons (Fsp3) is 0.462. The van der Waals surface area contributed by atoms with Crippen molar-refractivity contribution in [2.24, 2.45) is 5.92 Å². The van der Waals surface area contributed by atoms with E-state index in [2.05, 4.69) is 25.6 Å². The number of aromatic nitrogens is 3. The van der Waals surface area contributed by atoms with Gasteiger partial charge in [0.1, 0.15) is 41.9 Å². The Hall–Kier alpha value is -3.60. The molecule has 2 aromatic heterocycles. The molecule has 0 aliphatic heterocycles. The van der Waals surface area contributed by atoms with Crippen molar-refractivity contribution in [3.63, 3.8) is 0 Å². The number of hydrogen-bond acceptors (Lipinski definition) is 6. The van der Waals surface area contributed by atoms with E-state index in [1.165, 1.54) is 6.33 Å². The number of aromatic amines is 1. The van der Waals surface area contributed by atoms with Gasteiger partial charge in [0.05, 0.1) is 29.3 Å². The van der Waals surface area contributed by atoms with Crippen LogP contribution in [0.3, 0.4) is 0 Å². The van der Waals surface area contributed by atoms with E-state index >= 15 is 4.39 Å². The molecule has 2 saturated carbocycles. The van der Waals surface area contributed by atoms with Crippen LogP contribution in [0.1, 0.15) is 47.3 Å². The fourth-order valence-electron chi connectivity index (χ4n) is 4.85. The van der Waals surface area contributed by atoms with Crippen molar-refractivity contribution in [3.8, 4) is 17.0 Å². The number of aliphatic hydroxyl groups excluding tert-OH is 1. The van der Waals surface area contributed by atoms with Gasteiger partial charge in [0, 0.05) is 18.2 Å². The predicted octanol–water partition coefficient (Wildman–Crippen LogP) is 2.88. The Labute approximate surface area is 212 Å². The second kappa shape index (κ2) is 10.0. The number of nitrogens with one attached hydrogen (secondary N) is 3. The van der Waals surface area contributed by atoms with Crippen LogP contribution in [0.2, 0.25) is 0 Å². The van der Waals surface area contributed by atoms with Gasteiger partial charge in [-0.2, -0.15) is 0 Å². The van der Waals surface area contributed by atoms with Crippen molar-refractivity contribution in [2.75, 3.05) is 13.2 Å². The molecule has 2 aliphatic carbocycles. The molecule has 11 heteroatoms. The summed E-state index contributed by atoms with van der Waals surface area (Å²) in [6.07, 6.45) is 2.30. The van der Waals surface area contributed by atoms with E-state index in [-0.39, 0.29) is 35.2 Å². The van der Waals surface area contributed by atoms with E-state index in [4.69, 9.17) is 9.84 Å². The lowest BCUT2D eigenvalue weighted by atomic mass is 10.0. The van der Waals surface area contributed by atoms with E-state index in [1.807, 2.05) is 0 Å². The maximum absolute atomic E-state index is 15.4. The number of carbonyl (C=O) groups excluding carboxylic acids is 2. The van der Waals surface area contributed by atoms with Crippen molar-refractivity contribution in [1.82, 2.24) is 25.6 Å². The summed E-state index contributed by atoms with van der Waals surface area (Å²) in [6.45, 7) is 3.15. The lowest BCUT2D eigenvalue weighted by Gasteiger charge is -2.15. The summed E-state index contributed by atoms with van der Waals surface area (Å²) in [4.78, 5) is 36.5. The topological polar surface area (TPSA) is 129 Å². The summed E-state index contributed by atoms with van der Waals surface area (Å²) in [5.74, 6) is -0.754. The first kappa shape index (κ1) is 25.1. The Bertz CT molecular complexity index is 1360. The molecule has 3 atom stereocenters. The summed E-state index contributed by atoms with van der Waals surface area (Å²) in [5, 5.41) is 14.2. The van der Waals surface area contributed by atoms with E-state index in [9.17, 15) is 14.0 Å². The lowest BCUT2D eigenvalue weighted by Crippen LogP contribution is -2.40. The standard InChI is InChI=1S/C26H29F2N5O4/c1-12-3-6-18(37-10-14-4-5-14)21(22(12)28)24-25-23(29-11-30-24)20(13(2)31-25)26(36)33-17-8-15(7-16(17)27)32-19(35)9-34/h3,6,11,14-17,31,34H,4-5,7-10H2,1-2H3,(H,32,35)(H,33,36)/t15-,16+,17+/m0/s1. The van der Waals surface area contributed by atoms with E-state index in [0.29, 0.717) is 35.0 Å². The highest BCUT2D eigenvalue weighted by Crippen LogP contribution is 2.39. The van der Waals surface area contributed by atoms with Gasteiger partial charge >= 0.3 is 0 Å². The van der Waals surface area contributed by atoms with Crippen LogP contribution in [-0.2, 0) is 4.79 Å². The number of benzene rings is 1. The van der Waals surface area contributed by atoms with E-state index < -0.39 is 42.5 Å². The van der Waals surface area contributed by atoms with Crippen LogP contribution in [-0.4, -0.2) is 63.3 Å². The Kier molecular flexibility index (Phi) is 6.80. The van der Waals surface area contributed by atoms with Crippen LogP contribution < -0.4 is 15.4 Å². The number of aryl methyl sites for hydroxylation is 2. The van der Waals surface area contributed by atoms with Gasteiger partial charge in [-0.3, -0.25) is 9.59 Å². The van der Waals surface area contributed by atoms with Crippen LogP contribution in [0, 0.1) is 25.6 Å². The minimum atomic E-state index is -1.36. The first-order valence-electron chi connectivity index (χ1n) is 12.4. The third-order valence-electron chi connectivity index (χ3n) is 7.01. The van der Waals surface area contributed by atoms with Gasteiger partial charge in [-0.1, -0.05) is 6.07 Å². The highest BCUT2D eigenvalue weighted by atomic mass is 19.1. The summed E-state index contributed by atoms with van der Waals surface area (Å²) < 4.78 is 36.0. The molecule has 196 valence electrons. The molecular formula is C26H29F2N5O4. The zero-order chi connectivity index (χ0) is 26.3. The lowest BCUT2D eigenvalue weighted by molar-refractivity contribution is -0.124. The monoisotopic (exact) mass is 513 g/mol. The van der Waals surface area contributed by atoms with Crippen LogP contribution in [0.5, 0.6) is 5.75 Å². The number of amides is 2. The average molecular weight is 514 g/mol. The molecule has 0 saturated heterocycles. The van der Waals surface area contributed by atoms with Crippen LogP contribution >= 0.6 is 0 Å². The summed E-state index contributed by atoms with van der Waals surface area (Å²) in [7, 11) is 0. The molecule has 1 aromatic carbocycles. The Morgan fingerprint density at radius 1 is 1.19 bits per heavy atom. The number of carbonyl (C=O) groups is 2. The highest BCUT2D eigenvalue weighted by molar-refractivity contribution is 6.09. The maximum atomic E-state index is 15.4. The molecule has 2 amide bonds. The molecule has 0 radical (unpaired) electrons. The number of alkyl halides is 1. The quantitative estimate of drug-likeness (QED) is 0.367. The number of halogens is 2. The number of rotatable bonds is 8. The molecule has 5 rings (SSSR count). The number of hydrogen-bond donors (Lipinski definition) is 4. The molecule has 0 spiro atoms. The second-order valence-corrected chi connectivity index (χ2v) is 9.88. The van der Waals surface area contributed by atoms with E-state index in [1.54, 1.807) is 26.0 Å². The molecular weight excluding hydrogens is 484 g/mol. The van der Waals surface area contributed by atoms with Crippen molar-refractivity contribution >= 4 is 22.8 Å². The van der Waals surface area contributed by atoms with Crippen LogP contribution in [0.4, 0.5) is 8.78 Å². The summed E-state index contributed by atoms with van der Waals surface area (Å²) in [5.41, 5.74) is 2.25. The Morgan fingerprint density at radius 2 is 1.97 bits per heavy atom. The highest BCUT2D eigenvalue weighted by Gasteiger charge is 2.37. The van der Waals surface area contributed by atoms with Gasteiger partial charge in [-0.25, -0.2) is 18.7 Å². The van der Waals surface area contributed by atoms with Crippen LogP contribution in [0.15, 0.2) is 18.5 Å². The average Bonchev–Trinajstić information content (AvgIpc) is 3.55. The molecule has 0 bridgehead atoms. The molecule has 2 aliphatic rings. The first-order chi connectivity index (χ1) is 17.8. The van der Waals surface area contributed by atoms with Gasteiger partial charge in [0.2, 0.25) is 5.91 Å². The fourth-order valence-corrected chi connectivity index (χ4v) is 4.85. The van der Waals surface area contributed by atoms with Crippen molar-refractivity contribution in [1.29, 1.82) is 0 Å². The predicted molar refractivity (Wildman–Crippen MR) is 131 cm³/mol. The third kappa shape index (κ3) is 5.00. The largest absolute Gasteiger partial charge is 0.492 e. The molecule has 4 N–H and O–H groups in total. The number of fused-ring (bicyclic) bond motifs is 1. The smallest absolute Gasteiger partial charge is 0.255 e. The third-order valence-corrected chi connectivity index (χ3v) is 7.01. The maximum Gasteiger partial charge on any atom is 0.255 e. The minimum absolute atomic E-state index is 0.0339. The number of aliphatic hydroxyl groups is 1. The summed E-state index contributed by atoms with van der Waals surface area (Å²) >= 11 is 0. The molecule has 2 fully saturated rings. The molecule has 9 nitrogen and oxygen atoms in total. The van der Waals surface area contributed by atoms with Crippen LogP contribution in [0.25, 0.3) is 22.3 Å². The number of ether oxygens (including phenoxy) is 1. The van der Waals surface area contributed by atoms with Gasteiger partial charge in [0.15, 0.2) is 0 Å². The normalized spacial score (nSPS) is 21.3. The molecule has 0 unspecified atom stereocenters. The van der Waals surface area contributed by atoms with Crippen molar-refractivity contribution < 1.29 is 28.2 Å². The second-order valence-electron chi connectivity index (χ2n) is 9.88. The zero-order valence-electron chi connectivity index (χ0n) is 20.6. The molecule has 2 heterocycles. The van der Waals surface area contributed by atoms with Crippen molar-refractivity contribution in [3.05, 3.63) is 41.1 Å². The SMILES string of the molecule is Cc1ccc(OCC2CC2)c(-c2ncnc3c(C(=O)N[C@@H]4C[C@@H](NC(=O)CO)C[C@H]4F)c(C)[nH]c23)c1F. The number of nitrogens with zero attached hydrogens (tertiary/aromatic N) is 2. The molecule has 3 aromatic rings. The van der Waals surface area contributed by atoms with Gasteiger partial charge < -0.3 is 25.5 Å². The number of H-pyrrole nitrogens is 1. The Morgan fingerprint density at radius 3 is 2.70 bits per heavy atom. The van der Waals surface area contributed by atoms with Crippen molar-refractivity contribution in [2.45, 2.75) is 57.8 Å². The van der Waals surface area contributed by atoms with Gasteiger partial charge in [-0.05, 0) is 50.7 Å². The minimum Gasteiger partial charge on any atom is -0.492 e. The van der Waals surface area contributed by atoms with Gasteiger partial charge in [0.25, 0.3) is 5.91 Å². The first-order valence-corrected chi connectivity index (χ1v) is 12.4. The zero-order valence-corrected chi connectivity index (χ0v) is 20.6. The molecule has 37 heavy (non-hydrogen) atoms. The van der Waals surface area contributed by atoms with E-state index in [0.717, 1.165) is 12.8 Å². The summed E-state index contributed by atoms with van der Waals surface area (Å²) in [6, 6.07) is 2.07. The Balaban J connectivity index is 1.45.